The Morgan fingerprint density at radius 1 is 1.21 bits per heavy atom. The van der Waals surface area contributed by atoms with Crippen LogP contribution in [0, 0.1) is 0 Å². The van der Waals surface area contributed by atoms with Crippen LogP contribution < -0.4 is 4.74 Å². The number of rotatable bonds is 1. The maximum absolute atomic E-state index is 12.4. The summed E-state index contributed by atoms with van der Waals surface area (Å²) in [4.78, 5) is 0. The van der Waals surface area contributed by atoms with Crippen molar-refractivity contribution in [2.75, 3.05) is 7.11 Å². The summed E-state index contributed by atoms with van der Waals surface area (Å²) >= 11 is 11.0. The SMILES string of the molecule is COc1c(Cl)cc(Cl)cc1C(F)(F)F. The maximum Gasteiger partial charge on any atom is 0.420 e. The topological polar surface area (TPSA) is 9.23 Å². The van der Waals surface area contributed by atoms with E-state index in [9.17, 15) is 13.2 Å². The molecule has 0 aliphatic rings. The molecule has 0 aliphatic carbocycles. The van der Waals surface area contributed by atoms with E-state index in [4.69, 9.17) is 23.2 Å². The third-order valence-corrected chi connectivity index (χ3v) is 2.02. The monoisotopic (exact) mass is 244 g/mol. The second kappa shape index (κ2) is 3.87. The van der Waals surface area contributed by atoms with Gasteiger partial charge in [-0.05, 0) is 12.1 Å². The van der Waals surface area contributed by atoms with Crippen molar-refractivity contribution in [1.29, 1.82) is 0 Å². The van der Waals surface area contributed by atoms with Crippen molar-refractivity contribution in [3.8, 4) is 5.75 Å². The van der Waals surface area contributed by atoms with Crippen molar-refractivity contribution in [2.24, 2.45) is 0 Å². The average molecular weight is 245 g/mol. The van der Waals surface area contributed by atoms with E-state index in [1.807, 2.05) is 0 Å². The Morgan fingerprint density at radius 3 is 2.21 bits per heavy atom. The lowest BCUT2D eigenvalue weighted by Crippen LogP contribution is -2.07. The Labute approximate surface area is 88.4 Å². The standard InChI is InChI=1S/C8H5Cl2F3O/c1-14-7-5(8(11,12)13)2-4(9)3-6(7)10/h2-3H,1H3. The van der Waals surface area contributed by atoms with E-state index >= 15 is 0 Å². The third kappa shape index (κ3) is 2.25. The van der Waals surface area contributed by atoms with Crippen LogP contribution in [0.3, 0.4) is 0 Å². The molecule has 6 heteroatoms. The molecule has 0 unspecified atom stereocenters. The summed E-state index contributed by atoms with van der Waals surface area (Å²) in [6, 6.07) is 1.96. The molecule has 0 N–H and O–H groups in total. The highest BCUT2D eigenvalue weighted by Gasteiger charge is 2.35. The number of benzene rings is 1. The molecule has 0 atom stereocenters. The molecule has 78 valence electrons. The van der Waals surface area contributed by atoms with Crippen LogP contribution in [0.2, 0.25) is 10.0 Å². The van der Waals surface area contributed by atoms with Crippen LogP contribution >= 0.6 is 23.2 Å². The van der Waals surface area contributed by atoms with Gasteiger partial charge in [0.25, 0.3) is 0 Å². The van der Waals surface area contributed by atoms with Gasteiger partial charge in [-0.25, -0.2) is 0 Å². The number of hydrogen-bond acceptors (Lipinski definition) is 1. The minimum absolute atomic E-state index is 0.0804. The third-order valence-electron chi connectivity index (χ3n) is 1.52. The molecule has 0 saturated heterocycles. The Morgan fingerprint density at radius 2 is 1.79 bits per heavy atom. The van der Waals surface area contributed by atoms with Gasteiger partial charge in [-0.3, -0.25) is 0 Å². The number of alkyl halides is 3. The molecule has 0 spiro atoms. The maximum atomic E-state index is 12.4. The molecule has 14 heavy (non-hydrogen) atoms. The van der Waals surface area contributed by atoms with Crippen LogP contribution in [-0.4, -0.2) is 7.11 Å². The lowest BCUT2D eigenvalue weighted by atomic mass is 10.2. The molecule has 0 aromatic heterocycles. The van der Waals surface area contributed by atoms with Gasteiger partial charge in [0.05, 0.1) is 12.1 Å². The van der Waals surface area contributed by atoms with Crippen molar-refractivity contribution in [2.45, 2.75) is 6.18 Å². The highest BCUT2D eigenvalue weighted by Crippen LogP contribution is 2.41. The van der Waals surface area contributed by atoms with Crippen LogP contribution in [0.5, 0.6) is 5.75 Å². The van der Waals surface area contributed by atoms with E-state index in [2.05, 4.69) is 4.74 Å². The highest BCUT2D eigenvalue weighted by atomic mass is 35.5. The Hall–Kier alpha value is -0.610. The zero-order valence-electron chi connectivity index (χ0n) is 6.95. The van der Waals surface area contributed by atoms with Gasteiger partial charge in [0.1, 0.15) is 11.3 Å². The van der Waals surface area contributed by atoms with Crippen LogP contribution in [0.4, 0.5) is 13.2 Å². The van der Waals surface area contributed by atoms with Gasteiger partial charge >= 0.3 is 6.18 Å². The van der Waals surface area contributed by atoms with Crippen molar-refractivity contribution in [1.82, 2.24) is 0 Å². The van der Waals surface area contributed by atoms with Crippen LogP contribution in [0.25, 0.3) is 0 Å². The predicted molar refractivity (Wildman–Crippen MR) is 48.0 cm³/mol. The molecule has 0 heterocycles. The molecule has 1 rings (SSSR count). The van der Waals surface area contributed by atoms with Gasteiger partial charge in [0.15, 0.2) is 0 Å². The Balaban J connectivity index is 3.40. The molecule has 0 amide bonds. The number of methoxy groups -OCH3 is 1. The fourth-order valence-electron chi connectivity index (χ4n) is 0.978. The summed E-state index contributed by atoms with van der Waals surface area (Å²) < 4.78 is 41.7. The first-order chi connectivity index (χ1) is 6.36. The smallest absolute Gasteiger partial charge is 0.420 e. The molecule has 0 bridgehead atoms. The van der Waals surface area contributed by atoms with Crippen LogP contribution in [0.1, 0.15) is 5.56 Å². The molecule has 0 fully saturated rings. The van der Waals surface area contributed by atoms with Crippen molar-refractivity contribution >= 4 is 23.2 Å². The first-order valence-corrected chi connectivity index (χ1v) is 4.22. The normalized spacial score (nSPS) is 11.6. The Bertz CT molecular complexity index is 349. The second-order valence-electron chi connectivity index (χ2n) is 2.47. The first-order valence-electron chi connectivity index (χ1n) is 3.46. The fourth-order valence-corrected chi connectivity index (χ4v) is 1.55. The van der Waals surface area contributed by atoms with Crippen molar-refractivity contribution in [3.63, 3.8) is 0 Å². The molecule has 0 aliphatic heterocycles. The van der Waals surface area contributed by atoms with Crippen molar-refractivity contribution < 1.29 is 17.9 Å². The van der Waals surface area contributed by atoms with E-state index in [1.54, 1.807) is 0 Å². The molecule has 1 aromatic rings. The van der Waals surface area contributed by atoms with Gasteiger partial charge in [-0.15, -0.1) is 0 Å². The lowest BCUT2D eigenvalue weighted by Gasteiger charge is -2.13. The van der Waals surface area contributed by atoms with Crippen LogP contribution in [0.15, 0.2) is 12.1 Å². The Kier molecular flexibility index (Phi) is 3.17. The van der Waals surface area contributed by atoms with Gasteiger partial charge in [0.2, 0.25) is 0 Å². The summed E-state index contributed by atoms with van der Waals surface area (Å²) in [5.74, 6) is -0.413. The quantitative estimate of drug-likeness (QED) is 0.725. The molecular weight excluding hydrogens is 240 g/mol. The summed E-state index contributed by atoms with van der Waals surface area (Å²) in [6.07, 6.45) is -4.53. The number of ether oxygens (including phenoxy) is 1. The number of hydrogen-bond donors (Lipinski definition) is 0. The molecule has 0 saturated carbocycles. The predicted octanol–water partition coefficient (Wildman–Crippen LogP) is 4.02. The molecular formula is C8H5Cl2F3O. The summed E-state index contributed by atoms with van der Waals surface area (Å²) in [5, 5.41) is -0.240. The molecule has 0 radical (unpaired) electrons. The number of halogens is 5. The summed E-state index contributed by atoms with van der Waals surface area (Å²) in [5.41, 5.74) is -0.975. The molecule has 1 aromatic carbocycles. The minimum Gasteiger partial charge on any atom is -0.495 e. The largest absolute Gasteiger partial charge is 0.495 e. The zero-order chi connectivity index (χ0) is 10.9. The second-order valence-corrected chi connectivity index (χ2v) is 3.31. The van der Waals surface area contributed by atoms with E-state index in [0.29, 0.717) is 0 Å². The lowest BCUT2D eigenvalue weighted by molar-refractivity contribution is -0.138. The van der Waals surface area contributed by atoms with Gasteiger partial charge in [-0.2, -0.15) is 13.2 Å². The van der Waals surface area contributed by atoms with E-state index in [-0.39, 0.29) is 10.0 Å². The molecule has 1 nitrogen and oxygen atoms in total. The van der Waals surface area contributed by atoms with Gasteiger partial charge in [0, 0.05) is 5.02 Å². The zero-order valence-corrected chi connectivity index (χ0v) is 8.46. The van der Waals surface area contributed by atoms with E-state index in [1.165, 1.54) is 6.07 Å². The highest BCUT2D eigenvalue weighted by molar-refractivity contribution is 6.35. The average Bonchev–Trinajstić information content (AvgIpc) is 2.01. The van der Waals surface area contributed by atoms with E-state index in [0.717, 1.165) is 13.2 Å². The first kappa shape index (κ1) is 11.5. The van der Waals surface area contributed by atoms with Crippen LogP contribution in [-0.2, 0) is 6.18 Å². The fraction of sp³-hybridized carbons (Fsp3) is 0.250. The van der Waals surface area contributed by atoms with Crippen molar-refractivity contribution in [3.05, 3.63) is 27.7 Å². The minimum atomic E-state index is -4.53. The van der Waals surface area contributed by atoms with E-state index < -0.39 is 17.5 Å². The van der Waals surface area contributed by atoms with Gasteiger partial charge < -0.3 is 4.74 Å². The van der Waals surface area contributed by atoms with Gasteiger partial charge in [-0.1, -0.05) is 23.2 Å². The summed E-state index contributed by atoms with van der Waals surface area (Å²) in [7, 11) is 1.12. The summed E-state index contributed by atoms with van der Waals surface area (Å²) in [6.45, 7) is 0.